The largest absolute Gasteiger partial charge is 0.467 e. The summed E-state index contributed by atoms with van der Waals surface area (Å²) < 4.78 is 5.37. The Hall–Kier alpha value is -1.78. The molecule has 1 aromatic heterocycles. The summed E-state index contributed by atoms with van der Waals surface area (Å²) >= 11 is 0. The van der Waals surface area contributed by atoms with E-state index in [1.165, 1.54) is 11.1 Å². The van der Waals surface area contributed by atoms with Crippen LogP contribution in [-0.4, -0.2) is 16.8 Å². The predicted octanol–water partition coefficient (Wildman–Crippen LogP) is 3.84. The lowest BCUT2D eigenvalue weighted by molar-refractivity contribution is 0.0637. The van der Waals surface area contributed by atoms with Gasteiger partial charge in [0, 0.05) is 6.04 Å². The summed E-state index contributed by atoms with van der Waals surface area (Å²) in [5.41, 5.74) is 8.93. The van der Waals surface area contributed by atoms with E-state index in [4.69, 9.17) is 10.2 Å². The Balaban J connectivity index is 0.00000169. The van der Waals surface area contributed by atoms with Gasteiger partial charge in [0.1, 0.15) is 12.0 Å². The fourth-order valence-electron chi connectivity index (χ4n) is 3.68. The van der Waals surface area contributed by atoms with Crippen LogP contribution in [0.3, 0.4) is 0 Å². The molecular weight excluding hydrogens is 324 g/mol. The first kappa shape index (κ1) is 17.1. The number of benzene rings is 1. The lowest BCUT2D eigenvalue weighted by atomic mass is 9.86. The summed E-state index contributed by atoms with van der Waals surface area (Å²) in [4.78, 5) is 15.2. The third-order valence-electron chi connectivity index (χ3n) is 4.95. The first-order valence-electron chi connectivity index (χ1n) is 8.46. The molecule has 1 heterocycles. The van der Waals surface area contributed by atoms with Crippen molar-refractivity contribution in [2.24, 2.45) is 5.73 Å². The first-order chi connectivity index (χ1) is 11.3. The Kier molecular flexibility index (Phi) is 4.97. The fraction of sp³-hybridized carbons (Fsp3) is 0.421. The number of rotatable bonds is 4. The number of hydrogen-bond acceptors (Lipinski definition) is 3. The molecule has 1 fully saturated rings. The number of carbonyl (C=O) groups excluding carboxylic acids is 1. The van der Waals surface area contributed by atoms with Crippen LogP contribution < -0.4 is 5.73 Å². The summed E-state index contributed by atoms with van der Waals surface area (Å²) in [6, 6.07) is 10.9. The molecule has 2 N–H and O–H groups in total. The van der Waals surface area contributed by atoms with Crippen LogP contribution in [0.25, 0.3) is 0 Å². The van der Waals surface area contributed by atoms with Gasteiger partial charge in [0.05, 0.1) is 18.2 Å². The monoisotopic (exact) mass is 346 g/mol. The Bertz CT molecular complexity index is 724. The van der Waals surface area contributed by atoms with E-state index in [-0.39, 0.29) is 24.4 Å². The molecule has 2 aliphatic rings. The van der Waals surface area contributed by atoms with Crippen molar-refractivity contribution < 1.29 is 9.21 Å². The Morgan fingerprint density at radius 2 is 2.04 bits per heavy atom. The molecule has 0 radical (unpaired) electrons. The molecule has 4 rings (SSSR count). The zero-order chi connectivity index (χ0) is 15.8. The number of aryl methyl sites for hydroxylation is 1. The number of furan rings is 1. The molecule has 24 heavy (non-hydrogen) atoms. The highest BCUT2D eigenvalue weighted by Gasteiger charge is 2.40. The molecule has 2 aromatic rings. The third-order valence-corrected chi connectivity index (χ3v) is 4.95. The van der Waals surface area contributed by atoms with Gasteiger partial charge in [0.2, 0.25) is 0 Å². The molecular formula is C19H23ClN2O2. The predicted molar refractivity (Wildman–Crippen MR) is 95.2 cm³/mol. The van der Waals surface area contributed by atoms with Crippen molar-refractivity contribution in [3.05, 3.63) is 59.0 Å². The van der Waals surface area contributed by atoms with Crippen molar-refractivity contribution in [3.8, 4) is 0 Å². The molecule has 1 unspecified atom stereocenters. The summed E-state index contributed by atoms with van der Waals surface area (Å²) in [6.45, 7) is 0.322. The fourth-order valence-corrected chi connectivity index (χ4v) is 3.68. The van der Waals surface area contributed by atoms with Crippen LogP contribution in [0.2, 0.25) is 0 Å². The highest BCUT2D eigenvalue weighted by atomic mass is 35.5. The van der Waals surface area contributed by atoms with E-state index in [2.05, 4.69) is 29.2 Å². The van der Waals surface area contributed by atoms with Crippen LogP contribution in [0, 0.1) is 0 Å². The summed E-state index contributed by atoms with van der Waals surface area (Å²) in [5.74, 6) is 0.741. The molecule has 128 valence electrons. The van der Waals surface area contributed by atoms with Crippen molar-refractivity contribution in [3.63, 3.8) is 0 Å². The maximum absolute atomic E-state index is 13.1. The molecule has 0 spiro atoms. The number of carbonyl (C=O) groups is 1. The number of hydrogen-bond donors (Lipinski definition) is 1. The van der Waals surface area contributed by atoms with Gasteiger partial charge in [-0.25, -0.2) is 0 Å². The normalized spacial score (nSPS) is 19.3. The van der Waals surface area contributed by atoms with Crippen LogP contribution in [0.4, 0.5) is 0 Å². The van der Waals surface area contributed by atoms with Gasteiger partial charge in [0.15, 0.2) is 0 Å². The Morgan fingerprint density at radius 3 is 2.75 bits per heavy atom. The second-order valence-corrected chi connectivity index (χ2v) is 6.56. The molecule has 1 atom stereocenters. The highest BCUT2D eigenvalue weighted by Crippen LogP contribution is 2.41. The van der Waals surface area contributed by atoms with Crippen molar-refractivity contribution in [2.75, 3.05) is 0 Å². The maximum Gasteiger partial charge on any atom is 0.257 e. The number of halogens is 1. The number of nitrogens with two attached hydrogens (primary N) is 1. The van der Waals surface area contributed by atoms with Gasteiger partial charge >= 0.3 is 0 Å². The quantitative estimate of drug-likeness (QED) is 0.914. The summed E-state index contributed by atoms with van der Waals surface area (Å²) in [5, 5.41) is 0. The van der Waals surface area contributed by atoms with Gasteiger partial charge < -0.3 is 15.1 Å². The molecule has 4 nitrogen and oxygen atoms in total. The van der Waals surface area contributed by atoms with Gasteiger partial charge in [-0.05, 0) is 49.3 Å². The van der Waals surface area contributed by atoms with E-state index >= 15 is 0 Å². The Labute approximate surface area is 148 Å². The van der Waals surface area contributed by atoms with Crippen molar-refractivity contribution in [1.29, 1.82) is 0 Å². The smallest absolute Gasteiger partial charge is 0.257 e. The van der Waals surface area contributed by atoms with Gasteiger partial charge in [-0.2, -0.15) is 0 Å². The van der Waals surface area contributed by atoms with E-state index in [1.54, 1.807) is 12.3 Å². The van der Waals surface area contributed by atoms with Crippen LogP contribution in [0.5, 0.6) is 0 Å². The third kappa shape index (κ3) is 3.08. The van der Waals surface area contributed by atoms with E-state index in [0.29, 0.717) is 23.9 Å². The molecule has 1 aromatic carbocycles. The van der Waals surface area contributed by atoms with E-state index < -0.39 is 0 Å². The minimum Gasteiger partial charge on any atom is -0.467 e. The molecule has 0 bridgehead atoms. The van der Waals surface area contributed by atoms with Crippen LogP contribution in [0.1, 0.15) is 59.0 Å². The second kappa shape index (κ2) is 6.99. The van der Waals surface area contributed by atoms with Crippen LogP contribution in [-0.2, 0) is 13.0 Å². The van der Waals surface area contributed by atoms with Gasteiger partial charge in [-0.3, -0.25) is 4.79 Å². The van der Waals surface area contributed by atoms with Crippen LogP contribution >= 0.6 is 12.4 Å². The average molecular weight is 347 g/mol. The van der Waals surface area contributed by atoms with E-state index in [9.17, 15) is 4.79 Å². The van der Waals surface area contributed by atoms with Crippen molar-refractivity contribution >= 4 is 18.3 Å². The minimum atomic E-state index is 0. The van der Waals surface area contributed by atoms with Gasteiger partial charge in [-0.1, -0.05) is 24.3 Å². The van der Waals surface area contributed by atoms with Gasteiger partial charge in [-0.15, -0.1) is 12.4 Å². The second-order valence-electron chi connectivity index (χ2n) is 6.56. The molecule has 5 heteroatoms. The summed E-state index contributed by atoms with van der Waals surface area (Å²) in [7, 11) is 0. The molecule has 1 amide bonds. The van der Waals surface area contributed by atoms with E-state index in [1.807, 2.05) is 0 Å². The number of nitrogens with zero attached hydrogens (tertiary/aromatic N) is 1. The number of amides is 1. The standard InChI is InChI=1S/C19H22N2O2.ClH/c20-11-16-10-14(12-23-16)19(22)21(15-8-9-15)18-7-3-5-13-4-1-2-6-17(13)18;/h1-2,4,6,10,12,15,18H,3,5,7-9,11,20H2;1H. The highest BCUT2D eigenvalue weighted by molar-refractivity contribution is 5.94. The zero-order valence-electron chi connectivity index (χ0n) is 13.6. The van der Waals surface area contributed by atoms with Gasteiger partial charge in [0.25, 0.3) is 5.91 Å². The zero-order valence-corrected chi connectivity index (χ0v) is 14.4. The van der Waals surface area contributed by atoms with Crippen molar-refractivity contribution in [2.45, 2.75) is 50.7 Å². The van der Waals surface area contributed by atoms with Crippen molar-refractivity contribution in [1.82, 2.24) is 4.90 Å². The molecule has 0 aliphatic heterocycles. The first-order valence-corrected chi connectivity index (χ1v) is 8.46. The van der Waals surface area contributed by atoms with E-state index in [0.717, 1.165) is 32.1 Å². The number of fused-ring (bicyclic) bond motifs is 1. The Morgan fingerprint density at radius 1 is 1.25 bits per heavy atom. The van der Waals surface area contributed by atoms with Crippen LogP contribution in [0.15, 0.2) is 41.0 Å². The molecule has 2 aliphatic carbocycles. The summed E-state index contributed by atoms with van der Waals surface area (Å²) in [6.07, 6.45) is 7.05. The SMILES string of the molecule is Cl.NCc1cc(C(=O)N(C2CC2)C2CCCc3ccccc32)co1. The lowest BCUT2D eigenvalue weighted by Gasteiger charge is -2.36. The minimum absolute atomic E-state index is 0. The molecule has 0 saturated heterocycles. The lowest BCUT2D eigenvalue weighted by Crippen LogP contribution is -2.38. The molecule has 1 saturated carbocycles. The topological polar surface area (TPSA) is 59.5 Å². The maximum atomic E-state index is 13.1. The average Bonchev–Trinajstić information content (AvgIpc) is 3.30.